The van der Waals surface area contributed by atoms with Crippen LogP contribution in [-0.2, 0) is 25.0 Å². The lowest BCUT2D eigenvalue weighted by Crippen LogP contribution is -2.22. The Hall–Kier alpha value is -3.43. The Bertz CT molecular complexity index is 1640. The number of thioether (sulfide) groups is 1. The molecule has 3 heterocycles. The molecule has 5 aromatic rings. The highest BCUT2D eigenvalue weighted by Gasteiger charge is 2.23. The number of benzene rings is 2. The number of aromatic nitrogens is 4. The number of thiophene rings is 1. The molecular weight excluding hydrogens is 504 g/mol. The summed E-state index contributed by atoms with van der Waals surface area (Å²) < 4.78 is 12.7. The van der Waals surface area contributed by atoms with Gasteiger partial charge >= 0.3 is 0 Å². The highest BCUT2D eigenvalue weighted by molar-refractivity contribution is 7.98. The second kappa shape index (κ2) is 10.1. The molecule has 0 fully saturated rings. The van der Waals surface area contributed by atoms with Gasteiger partial charge in [0, 0.05) is 4.88 Å². The van der Waals surface area contributed by atoms with Gasteiger partial charge in [0.15, 0.2) is 5.16 Å². The predicted molar refractivity (Wildman–Crippen MR) is 147 cm³/mol. The molecule has 0 bridgehead atoms. The molecule has 0 unspecified atom stereocenters. The Morgan fingerprint density at radius 1 is 1.08 bits per heavy atom. The zero-order valence-electron chi connectivity index (χ0n) is 20.7. The van der Waals surface area contributed by atoms with Gasteiger partial charge in [-0.05, 0) is 67.5 Å². The van der Waals surface area contributed by atoms with Crippen LogP contribution >= 0.6 is 23.1 Å². The number of ether oxygens (including phenoxy) is 1. The lowest BCUT2D eigenvalue weighted by Gasteiger charge is -2.13. The Kier molecular flexibility index (Phi) is 6.56. The topological polar surface area (TPSA) is 83.0 Å². The fourth-order valence-corrected chi connectivity index (χ4v) is 6.92. The van der Waals surface area contributed by atoms with Crippen molar-refractivity contribution in [2.24, 2.45) is 0 Å². The maximum absolute atomic E-state index is 14.0. The Morgan fingerprint density at radius 3 is 2.70 bits per heavy atom. The fourth-order valence-electron chi connectivity index (χ4n) is 4.77. The van der Waals surface area contributed by atoms with Gasteiger partial charge < -0.3 is 9.26 Å². The van der Waals surface area contributed by atoms with E-state index in [1.54, 1.807) is 23.0 Å². The summed E-state index contributed by atoms with van der Waals surface area (Å²) in [6.45, 7) is 2.12. The predicted octanol–water partition coefficient (Wildman–Crippen LogP) is 6.24. The minimum Gasteiger partial charge on any atom is -0.496 e. The van der Waals surface area contributed by atoms with Gasteiger partial charge in [-0.15, -0.1) is 11.3 Å². The van der Waals surface area contributed by atoms with Crippen LogP contribution in [0.25, 0.3) is 27.3 Å². The molecule has 37 heavy (non-hydrogen) atoms. The molecule has 2 aromatic carbocycles. The summed E-state index contributed by atoms with van der Waals surface area (Å²) in [5.41, 5.74) is 3.99. The van der Waals surface area contributed by atoms with Crippen LogP contribution in [0.1, 0.15) is 41.7 Å². The van der Waals surface area contributed by atoms with E-state index < -0.39 is 0 Å². The van der Waals surface area contributed by atoms with E-state index in [1.165, 1.54) is 34.2 Å². The summed E-state index contributed by atoms with van der Waals surface area (Å²) in [7, 11) is 1.62. The zero-order chi connectivity index (χ0) is 25.4. The third-order valence-electron chi connectivity index (χ3n) is 6.70. The first-order valence-corrected chi connectivity index (χ1v) is 14.2. The van der Waals surface area contributed by atoms with E-state index >= 15 is 0 Å². The number of para-hydroxylation sites is 1. The maximum atomic E-state index is 14.0. The van der Waals surface area contributed by atoms with E-state index in [0.29, 0.717) is 28.4 Å². The van der Waals surface area contributed by atoms with Gasteiger partial charge in [-0.1, -0.05) is 48.1 Å². The van der Waals surface area contributed by atoms with Crippen LogP contribution in [-0.4, -0.2) is 26.8 Å². The lowest BCUT2D eigenvalue weighted by molar-refractivity contribution is 0.390. The molecule has 6 rings (SSSR count). The van der Waals surface area contributed by atoms with Crippen LogP contribution in [0.2, 0.25) is 0 Å². The van der Waals surface area contributed by atoms with Crippen molar-refractivity contribution in [2.75, 3.05) is 7.11 Å². The fraction of sp³-hybridized carbons (Fsp3) is 0.286. The van der Waals surface area contributed by atoms with E-state index in [2.05, 4.69) is 29.2 Å². The van der Waals surface area contributed by atoms with Crippen molar-refractivity contribution in [3.63, 3.8) is 0 Å². The van der Waals surface area contributed by atoms with E-state index in [9.17, 15) is 4.79 Å². The van der Waals surface area contributed by atoms with Crippen LogP contribution < -0.4 is 10.3 Å². The first-order chi connectivity index (χ1) is 18.2. The van der Waals surface area contributed by atoms with Gasteiger partial charge in [0.2, 0.25) is 11.7 Å². The molecule has 1 aliphatic rings. The van der Waals surface area contributed by atoms with Crippen LogP contribution in [0.15, 0.2) is 63.0 Å². The molecule has 0 spiro atoms. The van der Waals surface area contributed by atoms with Crippen LogP contribution in [0, 0.1) is 0 Å². The quantitative estimate of drug-likeness (QED) is 0.182. The number of aryl methyl sites for hydroxylation is 3. The lowest BCUT2D eigenvalue weighted by atomic mass is 9.97. The standard InChI is InChI=1S/C28H26N4O3S2/c1-3-17-12-14-18(15-13-17)32-27(33)24-20-9-5-7-11-22(20)37-26(24)30-28(32)36-16-23-29-25(31-35-23)19-8-4-6-10-21(19)34-2/h4,6,8,10,12-15H,3,5,7,9,11,16H2,1-2H3. The number of fused-ring (bicyclic) bond motifs is 3. The molecule has 7 nitrogen and oxygen atoms in total. The van der Waals surface area contributed by atoms with E-state index in [1.807, 2.05) is 36.4 Å². The third kappa shape index (κ3) is 4.46. The van der Waals surface area contributed by atoms with Crippen molar-refractivity contribution < 1.29 is 9.26 Å². The third-order valence-corrected chi connectivity index (χ3v) is 8.81. The summed E-state index contributed by atoms with van der Waals surface area (Å²) in [6, 6.07) is 15.7. The molecule has 0 saturated carbocycles. The van der Waals surface area contributed by atoms with Crippen molar-refractivity contribution >= 4 is 33.3 Å². The van der Waals surface area contributed by atoms with Crippen molar-refractivity contribution in [2.45, 2.75) is 49.9 Å². The van der Waals surface area contributed by atoms with E-state index in [-0.39, 0.29) is 5.56 Å². The summed E-state index contributed by atoms with van der Waals surface area (Å²) in [5, 5.41) is 5.55. The Morgan fingerprint density at radius 2 is 1.89 bits per heavy atom. The monoisotopic (exact) mass is 530 g/mol. The van der Waals surface area contributed by atoms with Crippen LogP contribution in [0.4, 0.5) is 0 Å². The number of methoxy groups -OCH3 is 1. The second-order valence-electron chi connectivity index (χ2n) is 8.95. The maximum Gasteiger partial charge on any atom is 0.267 e. The molecule has 9 heteroatoms. The molecular formula is C28H26N4O3S2. The van der Waals surface area contributed by atoms with Gasteiger partial charge in [0.25, 0.3) is 5.56 Å². The van der Waals surface area contributed by atoms with Gasteiger partial charge in [0.05, 0.1) is 29.5 Å². The van der Waals surface area contributed by atoms with E-state index in [4.69, 9.17) is 14.2 Å². The zero-order valence-corrected chi connectivity index (χ0v) is 22.3. The Labute approximate surface area is 222 Å². The molecule has 0 N–H and O–H groups in total. The highest BCUT2D eigenvalue weighted by Crippen LogP contribution is 2.36. The smallest absolute Gasteiger partial charge is 0.267 e. The first-order valence-electron chi connectivity index (χ1n) is 12.4. The van der Waals surface area contributed by atoms with Crippen LogP contribution in [0.5, 0.6) is 5.75 Å². The summed E-state index contributed by atoms with van der Waals surface area (Å²) in [6.07, 6.45) is 5.20. The highest BCUT2D eigenvalue weighted by atomic mass is 32.2. The molecule has 0 amide bonds. The molecule has 0 aliphatic heterocycles. The number of hydrogen-bond donors (Lipinski definition) is 0. The largest absolute Gasteiger partial charge is 0.496 e. The Balaban J connectivity index is 1.39. The molecule has 0 atom stereocenters. The number of nitrogens with zero attached hydrogens (tertiary/aromatic N) is 4. The van der Waals surface area contributed by atoms with Gasteiger partial charge in [-0.25, -0.2) is 4.98 Å². The van der Waals surface area contributed by atoms with E-state index in [0.717, 1.165) is 47.2 Å². The summed E-state index contributed by atoms with van der Waals surface area (Å²) in [4.78, 5) is 25.7. The van der Waals surface area contributed by atoms with Crippen molar-refractivity contribution in [3.05, 3.63) is 80.8 Å². The van der Waals surface area contributed by atoms with Gasteiger partial charge in [0.1, 0.15) is 10.6 Å². The molecule has 188 valence electrons. The first kappa shape index (κ1) is 23.9. The van der Waals surface area contributed by atoms with Crippen molar-refractivity contribution in [3.8, 4) is 22.8 Å². The van der Waals surface area contributed by atoms with Gasteiger partial charge in [-0.3, -0.25) is 9.36 Å². The summed E-state index contributed by atoms with van der Waals surface area (Å²) >= 11 is 3.09. The number of rotatable bonds is 7. The molecule has 0 saturated heterocycles. The molecule has 3 aromatic heterocycles. The van der Waals surface area contributed by atoms with Gasteiger partial charge in [-0.2, -0.15) is 4.98 Å². The average Bonchev–Trinajstić information content (AvgIpc) is 3.57. The second-order valence-corrected chi connectivity index (χ2v) is 11.0. The van der Waals surface area contributed by atoms with Crippen LogP contribution in [0.3, 0.4) is 0 Å². The average molecular weight is 531 g/mol. The SMILES string of the molecule is CCc1ccc(-n2c(SCc3nc(-c4ccccc4OC)no3)nc3sc4c(c3c2=O)CCCC4)cc1. The van der Waals surface area contributed by atoms with Crippen molar-refractivity contribution in [1.29, 1.82) is 0 Å². The molecule has 1 aliphatic carbocycles. The molecule has 0 radical (unpaired) electrons. The minimum absolute atomic E-state index is 0.00334. The number of hydrogen-bond acceptors (Lipinski definition) is 8. The summed E-state index contributed by atoms with van der Waals surface area (Å²) in [5.74, 6) is 1.99. The normalized spacial score (nSPS) is 13.1. The minimum atomic E-state index is -0.00334. The van der Waals surface area contributed by atoms with Crippen molar-refractivity contribution in [1.82, 2.24) is 19.7 Å².